The Balaban J connectivity index is 1.25. The maximum Gasteiger partial charge on any atom is 0.219 e. The van der Waals surface area contributed by atoms with Crippen molar-refractivity contribution in [3.8, 4) is 0 Å². The third-order valence-corrected chi connectivity index (χ3v) is 6.86. The molecule has 7 heteroatoms. The summed E-state index contributed by atoms with van der Waals surface area (Å²) in [5.41, 5.74) is 2.34. The standard InChI is InChI=1S/C22H26N6O/c1-13(29)27-11-18(12-27)15-5-20(25-21-8-23-19(7-24-21)14-2-3-14)26-22(6-15)28-9-16-4-17(16)10-28/h5-8,14,16-18H,2-4,9-12H2,1H3,(H,24,25,26). The molecule has 0 radical (unpaired) electrons. The fourth-order valence-corrected chi connectivity index (χ4v) is 4.65. The number of aromatic nitrogens is 3. The van der Waals surface area contributed by atoms with E-state index >= 15 is 0 Å². The molecule has 2 atom stereocenters. The summed E-state index contributed by atoms with van der Waals surface area (Å²) in [6.45, 7) is 5.45. The molecule has 2 aliphatic carbocycles. The smallest absolute Gasteiger partial charge is 0.219 e. The van der Waals surface area contributed by atoms with Gasteiger partial charge in [0.25, 0.3) is 0 Å². The number of piperidine rings is 1. The fraction of sp³-hybridized carbons (Fsp3) is 0.545. The van der Waals surface area contributed by atoms with Gasteiger partial charge in [0.05, 0.1) is 18.1 Å². The summed E-state index contributed by atoms with van der Waals surface area (Å²) in [6.07, 6.45) is 7.53. The maximum absolute atomic E-state index is 11.6. The van der Waals surface area contributed by atoms with E-state index in [1.807, 2.05) is 17.3 Å². The number of anilines is 3. The second-order valence-electron chi connectivity index (χ2n) is 9.15. The van der Waals surface area contributed by atoms with Crippen molar-refractivity contribution in [3.63, 3.8) is 0 Å². The summed E-state index contributed by atoms with van der Waals surface area (Å²) in [4.78, 5) is 29.9. The molecular weight excluding hydrogens is 364 g/mol. The highest BCUT2D eigenvalue weighted by Gasteiger charge is 2.45. The minimum absolute atomic E-state index is 0.152. The molecule has 4 fully saturated rings. The SMILES string of the molecule is CC(=O)N1CC(c2cc(Nc3cnc(C4CC4)cn3)nc(N3CC4CC4C3)c2)C1. The molecule has 4 heterocycles. The molecule has 0 aromatic carbocycles. The summed E-state index contributed by atoms with van der Waals surface area (Å²) < 4.78 is 0. The van der Waals surface area contributed by atoms with E-state index < -0.39 is 0 Å². The minimum atomic E-state index is 0.152. The molecule has 150 valence electrons. The number of fused-ring (bicyclic) bond motifs is 1. The van der Waals surface area contributed by atoms with Crippen LogP contribution in [0, 0.1) is 11.8 Å². The topological polar surface area (TPSA) is 74.2 Å². The predicted octanol–water partition coefficient (Wildman–Crippen LogP) is 2.89. The predicted molar refractivity (Wildman–Crippen MR) is 110 cm³/mol. The zero-order valence-electron chi connectivity index (χ0n) is 16.7. The molecule has 2 aromatic rings. The van der Waals surface area contributed by atoms with Gasteiger partial charge in [0.1, 0.15) is 17.5 Å². The summed E-state index contributed by atoms with van der Waals surface area (Å²) in [5.74, 6) is 5.43. The van der Waals surface area contributed by atoms with Crippen molar-refractivity contribution >= 4 is 23.4 Å². The molecule has 6 rings (SSSR count). The molecule has 0 spiro atoms. The number of carbonyl (C=O) groups excluding carboxylic acids is 1. The van der Waals surface area contributed by atoms with Gasteiger partial charge in [0, 0.05) is 44.9 Å². The van der Waals surface area contributed by atoms with Gasteiger partial charge in [-0.05, 0) is 48.8 Å². The molecular formula is C22H26N6O. The van der Waals surface area contributed by atoms with E-state index in [-0.39, 0.29) is 5.91 Å². The van der Waals surface area contributed by atoms with Crippen molar-refractivity contribution in [2.45, 2.75) is 38.0 Å². The molecule has 2 aromatic heterocycles. The normalized spacial score (nSPS) is 25.6. The Kier molecular flexibility index (Phi) is 3.79. The van der Waals surface area contributed by atoms with Gasteiger partial charge in [-0.3, -0.25) is 9.78 Å². The number of nitrogens with one attached hydrogen (secondary N) is 1. The van der Waals surface area contributed by atoms with Crippen LogP contribution >= 0.6 is 0 Å². The van der Waals surface area contributed by atoms with E-state index in [1.165, 1.54) is 24.8 Å². The number of hydrogen-bond acceptors (Lipinski definition) is 6. The average molecular weight is 390 g/mol. The van der Waals surface area contributed by atoms with E-state index in [1.54, 1.807) is 6.92 Å². The number of likely N-dealkylation sites (tertiary alicyclic amines) is 1. The Morgan fingerprint density at radius 2 is 1.79 bits per heavy atom. The largest absolute Gasteiger partial charge is 0.356 e. The van der Waals surface area contributed by atoms with Crippen molar-refractivity contribution in [3.05, 3.63) is 35.8 Å². The maximum atomic E-state index is 11.6. The molecule has 2 unspecified atom stereocenters. The van der Waals surface area contributed by atoms with Crippen LogP contribution in [0.5, 0.6) is 0 Å². The Morgan fingerprint density at radius 1 is 1.00 bits per heavy atom. The highest BCUT2D eigenvalue weighted by molar-refractivity contribution is 5.74. The van der Waals surface area contributed by atoms with Gasteiger partial charge in [-0.15, -0.1) is 0 Å². The van der Waals surface area contributed by atoms with Crippen LogP contribution in [-0.4, -0.2) is 51.9 Å². The molecule has 7 nitrogen and oxygen atoms in total. The average Bonchev–Trinajstić information content (AvgIpc) is 3.60. The van der Waals surface area contributed by atoms with Crippen molar-refractivity contribution < 1.29 is 4.79 Å². The zero-order valence-corrected chi connectivity index (χ0v) is 16.7. The number of pyridine rings is 1. The zero-order chi connectivity index (χ0) is 19.5. The van der Waals surface area contributed by atoms with E-state index in [0.29, 0.717) is 11.8 Å². The first-order valence-electron chi connectivity index (χ1n) is 10.7. The molecule has 1 N–H and O–H groups in total. The van der Waals surface area contributed by atoms with Crippen molar-refractivity contribution in [2.24, 2.45) is 11.8 Å². The van der Waals surface area contributed by atoms with Gasteiger partial charge in [-0.25, -0.2) is 9.97 Å². The second-order valence-corrected chi connectivity index (χ2v) is 9.15. The molecule has 2 saturated carbocycles. The number of hydrogen-bond donors (Lipinski definition) is 1. The first-order valence-corrected chi connectivity index (χ1v) is 10.7. The molecule has 29 heavy (non-hydrogen) atoms. The Hall–Kier alpha value is -2.70. The number of amides is 1. The van der Waals surface area contributed by atoms with Gasteiger partial charge < -0.3 is 15.1 Å². The van der Waals surface area contributed by atoms with Gasteiger partial charge in [-0.2, -0.15) is 0 Å². The summed E-state index contributed by atoms with van der Waals surface area (Å²) in [5, 5.41) is 3.36. The van der Waals surface area contributed by atoms with Crippen LogP contribution < -0.4 is 10.2 Å². The lowest BCUT2D eigenvalue weighted by Crippen LogP contribution is -2.47. The van der Waals surface area contributed by atoms with Gasteiger partial charge in [0.2, 0.25) is 5.91 Å². The van der Waals surface area contributed by atoms with Gasteiger partial charge in [0.15, 0.2) is 0 Å². The van der Waals surface area contributed by atoms with Gasteiger partial charge >= 0.3 is 0 Å². The summed E-state index contributed by atoms with van der Waals surface area (Å²) >= 11 is 0. The van der Waals surface area contributed by atoms with Crippen molar-refractivity contribution in [2.75, 3.05) is 36.4 Å². The number of rotatable bonds is 5. The lowest BCUT2D eigenvalue weighted by atomic mass is 9.91. The van der Waals surface area contributed by atoms with Crippen LogP contribution in [0.15, 0.2) is 24.5 Å². The summed E-state index contributed by atoms with van der Waals surface area (Å²) in [7, 11) is 0. The first kappa shape index (κ1) is 17.2. The molecule has 0 bridgehead atoms. The number of carbonyl (C=O) groups is 1. The van der Waals surface area contributed by atoms with E-state index in [2.05, 4.69) is 32.3 Å². The highest BCUT2D eigenvalue weighted by Crippen LogP contribution is 2.46. The fourth-order valence-electron chi connectivity index (χ4n) is 4.65. The van der Waals surface area contributed by atoms with Crippen LogP contribution in [-0.2, 0) is 4.79 Å². The van der Waals surface area contributed by atoms with Crippen LogP contribution in [0.25, 0.3) is 0 Å². The first-order chi connectivity index (χ1) is 14.1. The third kappa shape index (κ3) is 3.32. The van der Waals surface area contributed by atoms with Crippen molar-refractivity contribution in [1.29, 1.82) is 0 Å². The number of nitrogens with zero attached hydrogens (tertiary/aromatic N) is 5. The second kappa shape index (κ2) is 6.40. The third-order valence-electron chi connectivity index (χ3n) is 6.86. The molecule has 4 aliphatic rings. The van der Waals surface area contributed by atoms with E-state index in [4.69, 9.17) is 4.98 Å². The minimum Gasteiger partial charge on any atom is -0.356 e. The quantitative estimate of drug-likeness (QED) is 0.846. The summed E-state index contributed by atoms with van der Waals surface area (Å²) in [6, 6.07) is 4.33. The van der Waals surface area contributed by atoms with E-state index in [0.717, 1.165) is 61.2 Å². The molecule has 2 saturated heterocycles. The monoisotopic (exact) mass is 390 g/mol. The lowest BCUT2D eigenvalue weighted by Gasteiger charge is -2.39. The lowest BCUT2D eigenvalue weighted by molar-refractivity contribution is -0.133. The highest BCUT2D eigenvalue weighted by atomic mass is 16.2. The molecule has 2 aliphatic heterocycles. The van der Waals surface area contributed by atoms with Crippen LogP contribution in [0.1, 0.15) is 49.3 Å². The Morgan fingerprint density at radius 3 is 2.45 bits per heavy atom. The van der Waals surface area contributed by atoms with Gasteiger partial charge in [-0.1, -0.05) is 0 Å². The Labute approximate surface area is 170 Å². The Bertz CT molecular complexity index is 940. The van der Waals surface area contributed by atoms with Crippen LogP contribution in [0.4, 0.5) is 17.5 Å². The van der Waals surface area contributed by atoms with Crippen LogP contribution in [0.3, 0.4) is 0 Å². The van der Waals surface area contributed by atoms with Crippen LogP contribution in [0.2, 0.25) is 0 Å². The van der Waals surface area contributed by atoms with E-state index in [9.17, 15) is 4.79 Å². The van der Waals surface area contributed by atoms with Crippen molar-refractivity contribution in [1.82, 2.24) is 19.9 Å². The molecule has 1 amide bonds.